The van der Waals surface area contributed by atoms with Gasteiger partial charge in [0.05, 0.1) is 10.5 Å². The van der Waals surface area contributed by atoms with Gasteiger partial charge in [-0.2, -0.15) is 0 Å². The van der Waals surface area contributed by atoms with Gasteiger partial charge in [0.25, 0.3) is 0 Å². The number of benzene rings is 2. The molecule has 0 bridgehead atoms. The third-order valence-electron chi connectivity index (χ3n) is 3.52. The quantitative estimate of drug-likeness (QED) is 0.771. The maximum atomic E-state index is 14.0. The Balaban J connectivity index is 2.71. The largest absolute Gasteiger partial charge is 0.386 e. The van der Waals surface area contributed by atoms with Crippen LogP contribution in [0.3, 0.4) is 0 Å². The van der Waals surface area contributed by atoms with Crippen molar-refractivity contribution in [3.05, 3.63) is 47.8 Å². The second-order valence-corrected chi connectivity index (χ2v) is 7.75. The fourth-order valence-electron chi connectivity index (χ4n) is 2.38. The highest BCUT2D eigenvalue weighted by atomic mass is 32.2. The number of nitrogens with one attached hydrogen (secondary N) is 1. The molecule has 4 N–H and O–H groups in total. The summed E-state index contributed by atoms with van der Waals surface area (Å²) in [7, 11) is -4.14. The molecule has 0 spiro atoms. The van der Waals surface area contributed by atoms with Crippen LogP contribution in [0.2, 0.25) is 0 Å². The van der Waals surface area contributed by atoms with E-state index in [0.29, 0.717) is 0 Å². The van der Waals surface area contributed by atoms with E-state index in [2.05, 4.69) is 5.32 Å². The summed E-state index contributed by atoms with van der Waals surface area (Å²) in [6.07, 6.45) is 0. The number of anilines is 1. The van der Waals surface area contributed by atoms with Crippen LogP contribution < -0.4 is 10.5 Å². The number of rotatable bonds is 4. The van der Waals surface area contributed by atoms with Crippen molar-refractivity contribution in [3.8, 4) is 11.1 Å². The van der Waals surface area contributed by atoms with Gasteiger partial charge >= 0.3 is 0 Å². The standard InChI is InChI=1S/C17H19FN2O4S/c1-10(21)20-14-4-5-15(16(9-14)25(19,23)24)11-6-12(17(2,3)22)8-13(18)7-11/h4-9,22H,1-3H3,(H,20,21)(H2,19,23,24). The van der Waals surface area contributed by atoms with Crippen molar-refractivity contribution in [2.45, 2.75) is 31.3 Å². The Kier molecular flexibility index (Phi) is 4.99. The van der Waals surface area contributed by atoms with Gasteiger partial charge in [-0.25, -0.2) is 17.9 Å². The van der Waals surface area contributed by atoms with E-state index in [1.54, 1.807) is 0 Å². The summed E-state index contributed by atoms with van der Waals surface area (Å²) in [6.45, 7) is 4.27. The fraction of sp³-hybridized carbons (Fsp3) is 0.235. The molecular formula is C17H19FN2O4S. The van der Waals surface area contributed by atoms with Crippen LogP contribution >= 0.6 is 0 Å². The Hall–Kier alpha value is -2.29. The van der Waals surface area contributed by atoms with E-state index in [9.17, 15) is 22.7 Å². The lowest BCUT2D eigenvalue weighted by atomic mass is 9.94. The molecule has 0 saturated carbocycles. The van der Waals surface area contributed by atoms with E-state index in [-0.39, 0.29) is 33.2 Å². The monoisotopic (exact) mass is 366 g/mol. The number of hydrogen-bond donors (Lipinski definition) is 3. The second kappa shape index (κ2) is 6.55. The molecule has 1 amide bonds. The van der Waals surface area contributed by atoms with E-state index in [1.807, 2.05) is 0 Å². The van der Waals surface area contributed by atoms with Gasteiger partial charge < -0.3 is 10.4 Å². The number of primary sulfonamides is 1. The number of sulfonamides is 1. The summed E-state index contributed by atoms with van der Waals surface area (Å²) in [5.74, 6) is -0.996. The lowest BCUT2D eigenvalue weighted by molar-refractivity contribution is -0.114. The van der Waals surface area contributed by atoms with E-state index >= 15 is 0 Å². The zero-order chi connectivity index (χ0) is 19.0. The van der Waals surface area contributed by atoms with Gasteiger partial charge in [-0.05, 0) is 55.3 Å². The minimum atomic E-state index is -4.14. The van der Waals surface area contributed by atoms with Crippen molar-refractivity contribution in [1.82, 2.24) is 0 Å². The van der Waals surface area contributed by atoms with Crippen molar-refractivity contribution < 1.29 is 22.7 Å². The van der Waals surface area contributed by atoms with Crippen molar-refractivity contribution in [3.63, 3.8) is 0 Å². The van der Waals surface area contributed by atoms with E-state index in [4.69, 9.17) is 5.14 Å². The number of aliphatic hydroxyl groups is 1. The molecule has 0 aliphatic carbocycles. The maximum Gasteiger partial charge on any atom is 0.238 e. The van der Waals surface area contributed by atoms with Gasteiger partial charge in [-0.1, -0.05) is 6.07 Å². The molecule has 0 aliphatic heterocycles. The van der Waals surface area contributed by atoms with Crippen molar-refractivity contribution in [2.24, 2.45) is 5.14 Å². The minimum absolute atomic E-state index is 0.168. The summed E-state index contributed by atoms with van der Waals surface area (Å²) in [5, 5.41) is 17.8. The van der Waals surface area contributed by atoms with Gasteiger partial charge in [-0.3, -0.25) is 4.79 Å². The van der Waals surface area contributed by atoms with Crippen LogP contribution in [0.25, 0.3) is 11.1 Å². The first-order chi connectivity index (χ1) is 11.4. The molecule has 0 saturated heterocycles. The molecule has 8 heteroatoms. The molecule has 0 radical (unpaired) electrons. The van der Waals surface area contributed by atoms with Gasteiger partial charge in [0.2, 0.25) is 15.9 Å². The highest BCUT2D eigenvalue weighted by molar-refractivity contribution is 7.89. The molecule has 6 nitrogen and oxygen atoms in total. The number of halogens is 1. The number of amides is 1. The van der Waals surface area contributed by atoms with Crippen LogP contribution in [0.15, 0.2) is 41.3 Å². The highest BCUT2D eigenvalue weighted by Crippen LogP contribution is 2.33. The first-order valence-corrected chi connectivity index (χ1v) is 8.91. The molecule has 0 heterocycles. The Morgan fingerprint density at radius 2 is 1.84 bits per heavy atom. The smallest absolute Gasteiger partial charge is 0.238 e. The summed E-state index contributed by atoms with van der Waals surface area (Å²) >= 11 is 0. The Labute approximate surface area is 145 Å². The van der Waals surface area contributed by atoms with E-state index in [0.717, 1.165) is 6.07 Å². The molecule has 2 aromatic rings. The summed E-state index contributed by atoms with van der Waals surface area (Å²) in [6, 6.07) is 7.93. The number of hydrogen-bond acceptors (Lipinski definition) is 4. The average molecular weight is 366 g/mol. The molecule has 2 rings (SSSR count). The number of carbonyl (C=O) groups excluding carboxylic acids is 1. The summed E-state index contributed by atoms with van der Waals surface area (Å²) in [5.41, 5.74) is -0.361. The van der Waals surface area contributed by atoms with E-state index < -0.39 is 21.4 Å². The molecule has 2 aromatic carbocycles. The average Bonchev–Trinajstić information content (AvgIpc) is 2.44. The molecular weight excluding hydrogens is 347 g/mol. The summed E-state index contributed by atoms with van der Waals surface area (Å²) < 4.78 is 37.9. The molecule has 0 atom stereocenters. The molecule has 0 fully saturated rings. The van der Waals surface area contributed by atoms with Crippen LogP contribution in [0, 0.1) is 5.82 Å². The zero-order valence-electron chi connectivity index (χ0n) is 14.0. The third-order valence-corrected chi connectivity index (χ3v) is 4.47. The van der Waals surface area contributed by atoms with E-state index in [1.165, 1.54) is 51.1 Å². The van der Waals surface area contributed by atoms with Gasteiger partial charge in [-0.15, -0.1) is 0 Å². The van der Waals surface area contributed by atoms with Crippen LogP contribution in [0.1, 0.15) is 26.3 Å². The molecule has 0 aromatic heterocycles. The van der Waals surface area contributed by atoms with Crippen molar-refractivity contribution >= 4 is 21.6 Å². The Morgan fingerprint density at radius 1 is 1.20 bits per heavy atom. The molecule has 0 aliphatic rings. The predicted molar refractivity (Wildman–Crippen MR) is 92.8 cm³/mol. The van der Waals surface area contributed by atoms with Crippen LogP contribution in [0.4, 0.5) is 10.1 Å². The van der Waals surface area contributed by atoms with Crippen molar-refractivity contribution in [1.29, 1.82) is 0 Å². The van der Waals surface area contributed by atoms with Crippen LogP contribution in [-0.2, 0) is 20.4 Å². The summed E-state index contributed by atoms with van der Waals surface area (Å²) in [4.78, 5) is 10.9. The number of nitrogens with two attached hydrogens (primary N) is 1. The van der Waals surface area contributed by atoms with Gasteiger partial charge in [0.1, 0.15) is 5.82 Å². The van der Waals surface area contributed by atoms with Gasteiger partial charge in [0.15, 0.2) is 0 Å². The zero-order valence-corrected chi connectivity index (χ0v) is 14.8. The lowest BCUT2D eigenvalue weighted by Crippen LogP contribution is -2.17. The fourth-order valence-corrected chi connectivity index (χ4v) is 3.16. The SMILES string of the molecule is CC(=O)Nc1ccc(-c2cc(F)cc(C(C)(C)O)c2)c(S(N)(=O)=O)c1. The molecule has 25 heavy (non-hydrogen) atoms. The first-order valence-electron chi connectivity index (χ1n) is 7.36. The van der Waals surface area contributed by atoms with Crippen LogP contribution in [-0.4, -0.2) is 19.4 Å². The predicted octanol–water partition coefficient (Wildman–Crippen LogP) is 2.33. The second-order valence-electron chi connectivity index (χ2n) is 6.22. The third kappa shape index (κ3) is 4.62. The van der Waals surface area contributed by atoms with Crippen LogP contribution in [0.5, 0.6) is 0 Å². The molecule has 134 valence electrons. The first kappa shape index (κ1) is 19.0. The Morgan fingerprint density at radius 3 is 2.36 bits per heavy atom. The Bertz CT molecular complexity index is 934. The minimum Gasteiger partial charge on any atom is -0.386 e. The normalized spacial score (nSPS) is 12.1. The highest BCUT2D eigenvalue weighted by Gasteiger charge is 2.21. The molecule has 0 unspecified atom stereocenters. The van der Waals surface area contributed by atoms with Crippen molar-refractivity contribution in [2.75, 3.05) is 5.32 Å². The lowest BCUT2D eigenvalue weighted by Gasteiger charge is -2.19. The number of carbonyl (C=O) groups is 1. The maximum absolute atomic E-state index is 14.0. The van der Waals surface area contributed by atoms with Gasteiger partial charge in [0, 0.05) is 18.2 Å². The topological polar surface area (TPSA) is 109 Å².